The number of nitrogens with zero attached hydrogens (tertiary/aromatic N) is 4. The molecule has 1 saturated heterocycles. The van der Waals surface area contributed by atoms with E-state index in [1.54, 1.807) is 36.1 Å². The fraction of sp³-hybridized carbons (Fsp3) is 0.412. The van der Waals surface area contributed by atoms with Crippen LogP contribution in [0.2, 0.25) is 0 Å². The molecule has 1 aliphatic heterocycles. The fourth-order valence-electron chi connectivity index (χ4n) is 2.67. The van der Waals surface area contributed by atoms with Crippen molar-refractivity contribution in [3.8, 4) is 11.8 Å². The SMILES string of the molecule is Cc1nc([C@H]2CN(C(=O)[C@@H](C)Oc3ccccc3C#N)CCO2)n[nH]1. The number of carbonyl (C=O) groups is 1. The summed E-state index contributed by atoms with van der Waals surface area (Å²) in [5.41, 5.74) is 0.401. The van der Waals surface area contributed by atoms with Gasteiger partial charge in [-0.15, -0.1) is 0 Å². The van der Waals surface area contributed by atoms with E-state index in [2.05, 4.69) is 21.3 Å². The lowest BCUT2D eigenvalue weighted by atomic mass is 10.2. The van der Waals surface area contributed by atoms with Gasteiger partial charge in [0.25, 0.3) is 5.91 Å². The van der Waals surface area contributed by atoms with Crippen molar-refractivity contribution in [3.63, 3.8) is 0 Å². The van der Waals surface area contributed by atoms with E-state index in [-0.39, 0.29) is 12.0 Å². The van der Waals surface area contributed by atoms with Gasteiger partial charge in [0.15, 0.2) is 11.9 Å². The number of aromatic nitrogens is 3. The van der Waals surface area contributed by atoms with Crippen molar-refractivity contribution in [2.24, 2.45) is 0 Å². The molecule has 1 aliphatic rings. The number of nitrogens with one attached hydrogen (secondary N) is 1. The van der Waals surface area contributed by atoms with Crippen LogP contribution < -0.4 is 4.74 Å². The summed E-state index contributed by atoms with van der Waals surface area (Å²) in [6.45, 7) is 4.74. The lowest BCUT2D eigenvalue weighted by Crippen LogP contribution is -2.47. The molecule has 1 amide bonds. The van der Waals surface area contributed by atoms with Gasteiger partial charge in [-0.05, 0) is 26.0 Å². The van der Waals surface area contributed by atoms with Gasteiger partial charge in [-0.1, -0.05) is 12.1 Å². The average Bonchev–Trinajstić information content (AvgIpc) is 3.08. The van der Waals surface area contributed by atoms with E-state index < -0.39 is 6.10 Å². The summed E-state index contributed by atoms with van der Waals surface area (Å²) < 4.78 is 11.4. The Hall–Kier alpha value is -2.92. The minimum Gasteiger partial charge on any atom is -0.480 e. The van der Waals surface area contributed by atoms with Gasteiger partial charge in [-0.25, -0.2) is 4.98 Å². The molecular formula is C17H19N5O3. The molecule has 2 aromatic rings. The van der Waals surface area contributed by atoms with Crippen molar-refractivity contribution in [3.05, 3.63) is 41.5 Å². The normalized spacial score (nSPS) is 18.4. The van der Waals surface area contributed by atoms with Crippen LogP contribution in [0.15, 0.2) is 24.3 Å². The molecule has 2 heterocycles. The third-order valence-corrected chi connectivity index (χ3v) is 3.94. The number of hydrogen-bond acceptors (Lipinski definition) is 6. The van der Waals surface area contributed by atoms with Crippen LogP contribution in [0.5, 0.6) is 5.75 Å². The lowest BCUT2D eigenvalue weighted by Gasteiger charge is -2.33. The van der Waals surface area contributed by atoms with Gasteiger partial charge in [-0.3, -0.25) is 9.89 Å². The fourth-order valence-corrected chi connectivity index (χ4v) is 2.67. The predicted molar refractivity (Wildman–Crippen MR) is 87.6 cm³/mol. The van der Waals surface area contributed by atoms with Crippen molar-refractivity contribution >= 4 is 5.91 Å². The first-order chi connectivity index (χ1) is 12.1. The summed E-state index contributed by atoms with van der Waals surface area (Å²) in [4.78, 5) is 18.6. The second kappa shape index (κ2) is 7.32. The molecule has 1 N–H and O–H groups in total. The molecule has 8 nitrogen and oxygen atoms in total. The van der Waals surface area contributed by atoms with Crippen molar-refractivity contribution in [1.29, 1.82) is 5.26 Å². The molecule has 0 saturated carbocycles. The summed E-state index contributed by atoms with van der Waals surface area (Å²) in [5, 5.41) is 16.0. The molecule has 0 radical (unpaired) electrons. The molecule has 0 bridgehead atoms. The number of ether oxygens (including phenoxy) is 2. The zero-order valence-corrected chi connectivity index (χ0v) is 14.1. The van der Waals surface area contributed by atoms with Crippen LogP contribution in [0.3, 0.4) is 0 Å². The predicted octanol–water partition coefficient (Wildman–Crippen LogP) is 1.35. The Balaban J connectivity index is 1.66. The van der Waals surface area contributed by atoms with Crippen LogP contribution in [0.1, 0.15) is 30.2 Å². The van der Waals surface area contributed by atoms with Crippen molar-refractivity contribution in [2.75, 3.05) is 19.7 Å². The lowest BCUT2D eigenvalue weighted by molar-refractivity contribution is -0.146. The number of hydrogen-bond donors (Lipinski definition) is 1. The van der Waals surface area contributed by atoms with Crippen molar-refractivity contribution in [1.82, 2.24) is 20.1 Å². The monoisotopic (exact) mass is 341 g/mol. The summed E-state index contributed by atoms with van der Waals surface area (Å²) in [6, 6.07) is 8.92. The highest BCUT2D eigenvalue weighted by atomic mass is 16.5. The Morgan fingerprint density at radius 1 is 1.52 bits per heavy atom. The molecule has 2 atom stereocenters. The Morgan fingerprint density at radius 2 is 2.32 bits per heavy atom. The number of nitriles is 1. The zero-order valence-electron chi connectivity index (χ0n) is 14.1. The van der Waals surface area contributed by atoms with E-state index in [0.29, 0.717) is 42.7 Å². The van der Waals surface area contributed by atoms with Gasteiger partial charge in [0.05, 0.1) is 18.7 Å². The van der Waals surface area contributed by atoms with E-state index in [1.807, 2.05) is 6.92 Å². The summed E-state index contributed by atoms with van der Waals surface area (Å²) in [7, 11) is 0. The summed E-state index contributed by atoms with van der Waals surface area (Å²) in [6.07, 6.45) is -1.07. The molecule has 0 aliphatic carbocycles. The smallest absolute Gasteiger partial charge is 0.263 e. The average molecular weight is 341 g/mol. The highest BCUT2D eigenvalue weighted by Crippen LogP contribution is 2.22. The largest absolute Gasteiger partial charge is 0.480 e. The highest BCUT2D eigenvalue weighted by Gasteiger charge is 2.31. The van der Waals surface area contributed by atoms with E-state index in [4.69, 9.17) is 14.7 Å². The van der Waals surface area contributed by atoms with E-state index in [1.165, 1.54) is 0 Å². The van der Waals surface area contributed by atoms with Crippen LogP contribution in [-0.4, -0.2) is 51.8 Å². The van der Waals surface area contributed by atoms with E-state index in [9.17, 15) is 4.79 Å². The maximum atomic E-state index is 12.7. The number of benzene rings is 1. The van der Waals surface area contributed by atoms with Gasteiger partial charge in [-0.2, -0.15) is 10.4 Å². The molecule has 25 heavy (non-hydrogen) atoms. The first-order valence-corrected chi connectivity index (χ1v) is 8.03. The van der Waals surface area contributed by atoms with E-state index >= 15 is 0 Å². The standard InChI is InChI=1S/C17H19N5O3/c1-11(25-14-6-4-3-5-13(14)9-18)17(23)22-7-8-24-15(10-22)16-19-12(2)20-21-16/h3-6,11,15H,7-8,10H2,1-2H3,(H,19,20,21)/t11-,15-/m1/s1. The number of carbonyl (C=O) groups excluding carboxylic acids is 1. The number of H-pyrrole nitrogens is 1. The molecular weight excluding hydrogens is 322 g/mol. The third-order valence-electron chi connectivity index (χ3n) is 3.94. The number of aromatic amines is 1. The molecule has 1 aromatic heterocycles. The Bertz CT molecular complexity index is 798. The van der Waals surface area contributed by atoms with Gasteiger partial charge in [0.1, 0.15) is 23.7 Å². The Labute approximate surface area is 145 Å². The second-order valence-corrected chi connectivity index (χ2v) is 5.79. The molecule has 130 valence electrons. The van der Waals surface area contributed by atoms with Crippen molar-refractivity contribution in [2.45, 2.75) is 26.1 Å². The minimum atomic E-state index is -0.706. The molecule has 0 unspecified atom stereocenters. The first-order valence-electron chi connectivity index (χ1n) is 8.03. The van der Waals surface area contributed by atoms with E-state index in [0.717, 1.165) is 0 Å². The number of para-hydroxylation sites is 1. The highest BCUT2D eigenvalue weighted by molar-refractivity contribution is 5.81. The zero-order chi connectivity index (χ0) is 17.8. The third kappa shape index (κ3) is 3.78. The van der Waals surface area contributed by atoms with Gasteiger partial charge < -0.3 is 14.4 Å². The van der Waals surface area contributed by atoms with Gasteiger partial charge in [0, 0.05) is 6.54 Å². The maximum Gasteiger partial charge on any atom is 0.263 e. The Kier molecular flexibility index (Phi) is 4.95. The van der Waals surface area contributed by atoms with Gasteiger partial charge in [0.2, 0.25) is 0 Å². The first kappa shape index (κ1) is 16.9. The molecule has 3 rings (SSSR count). The summed E-state index contributed by atoms with van der Waals surface area (Å²) >= 11 is 0. The minimum absolute atomic E-state index is 0.159. The van der Waals surface area contributed by atoms with Crippen LogP contribution in [0.4, 0.5) is 0 Å². The maximum absolute atomic E-state index is 12.7. The van der Waals surface area contributed by atoms with Crippen LogP contribution in [-0.2, 0) is 9.53 Å². The van der Waals surface area contributed by atoms with Crippen molar-refractivity contribution < 1.29 is 14.3 Å². The number of morpholine rings is 1. The summed E-state index contributed by atoms with van der Waals surface area (Å²) in [5.74, 6) is 1.49. The molecule has 8 heteroatoms. The van der Waals surface area contributed by atoms with Gasteiger partial charge >= 0.3 is 0 Å². The molecule has 1 aromatic carbocycles. The number of rotatable bonds is 4. The van der Waals surface area contributed by atoms with Crippen LogP contribution >= 0.6 is 0 Å². The number of amides is 1. The number of aryl methyl sites for hydroxylation is 1. The van der Waals surface area contributed by atoms with Crippen LogP contribution in [0, 0.1) is 18.3 Å². The quantitative estimate of drug-likeness (QED) is 0.900. The second-order valence-electron chi connectivity index (χ2n) is 5.79. The molecule has 0 spiro atoms. The van der Waals surface area contributed by atoms with Crippen LogP contribution in [0.25, 0.3) is 0 Å². The topological polar surface area (TPSA) is 104 Å². The Morgan fingerprint density at radius 3 is 3.04 bits per heavy atom. The molecule has 1 fully saturated rings.